The first-order valence-corrected chi connectivity index (χ1v) is 9.41. The maximum Gasteiger partial charge on any atom is 0.258 e. The first-order valence-electron chi connectivity index (χ1n) is 8.65. The van der Waals surface area contributed by atoms with Crippen LogP contribution in [-0.4, -0.2) is 32.1 Å². The highest BCUT2D eigenvalue weighted by atomic mass is 35.5. The van der Waals surface area contributed by atoms with E-state index in [1.165, 1.54) is 16.0 Å². The Hall–Kier alpha value is -1.55. The van der Waals surface area contributed by atoms with Gasteiger partial charge in [-0.3, -0.25) is 4.79 Å². The van der Waals surface area contributed by atoms with E-state index in [9.17, 15) is 4.79 Å². The van der Waals surface area contributed by atoms with E-state index < -0.39 is 0 Å². The van der Waals surface area contributed by atoms with Gasteiger partial charge in [0.1, 0.15) is 0 Å². The van der Waals surface area contributed by atoms with Gasteiger partial charge in [-0.15, -0.1) is 0 Å². The van der Waals surface area contributed by atoms with Crippen molar-refractivity contribution in [3.05, 3.63) is 63.1 Å². The van der Waals surface area contributed by atoms with Crippen LogP contribution in [0.4, 0.5) is 5.69 Å². The average Bonchev–Trinajstić information content (AvgIpc) is 2.86. The smallest absolute Gasteiger partial charge is 0.258 e. The zero-order valence-electron chi connectivity index (χ0n) is 14.4. The van der Waals surface area contributed by atoms with Crippen LogP contribution < -0.4 is 9.80 Å². The number of hydrogen-bond donors (Lipinski definition) is 1. The van der Waals surface area contributed by atoms with Gasteiger partial charge in [0.15, 0.2) is 0 Å². The molecule has 3 atom stereocenters. The number of likely N-dealkylation sites (N-methyl/N-ethyl adjacent to an activating group) is 1. The quantitative estimate of drug-likeness (QED) is 0.812. The number of nitrogens with zero attached hydrogens (tertiary/aromatic N) is 1. The molecule has 2 aliphatic heterocycles. The van der Waals surface area contributed by atoms with Gasteiger partial charge in [0.25, 0.3) is 5.91 Å². The molecule has 3 nitrogen and oxygen atoms in total. The summed E-state index contributed by atoms with van der Waals surface area (Å²) < 4.78 is 0. The second kappa shape index (κ2) is 6.31. The third kappa shape index (κ3) is 2.95. The van der Waals surface area contributed by atoms with Gasteiger partial charge < -0.3 is 9.80 Å². The molecule has 1 N–H and O–H groups in total. The summed E-state index contributed by atoms with van der Waals surface area (Å²) in [4.78, 5) is 16.8. The van der Waals surface area contributed by atoms with Crippen LogP contribution in [0, 0.1) is 6.92 Å². The number of likely N-dealkylation sites (tertiary alicyclic amines) is 1. The van der Waals surface area contributed by atoms with Gasteiger partial charge >= 0.3 is 0 Å². The van der Waals surface area contributed by atoms with Crippen molar-refractivity contribution in [2.45, 2.75) is 25.3 Å². The Bertz CT molecular complexity index is 831. The molecule has 0 spiro atoms. The van der Waals surface area contributed by atoms with Gasteiger partial charge in [-0.05, 0) is 36.8 Å². The highest BCUT2D eigenvalue weighted by Gasteiger charge is 2.45. The third-order valence-electron chi connectivity index (χ3n) is 5.40. The van der Waals surface area contributed by atoms with E-state index in [1.807, 2.05) is 4.90 Å². The number of amides is 1. The van der Waals surface area contributed by atoms with Crippen LogP contribution in [0.25, 0.3) is 0 Å². The van der Waals surface area contributed by atoms with E-state index in [0.29, 0.717) is 21.5 Å². The molecule has 0 aliphatic carbocycles. The number of carbonyl (C=O) groups excluding carboxylic acids is 1. The van der Waals surface area contributed by atoms with E-state index in [0.717, 1.165) is 25.2 Å². The maximum absolute atomic E-state index is 13.3. The SMILES string of the molecule is Cc1ccc2c(c1)[C@H]1C[NH+](C)CC[C@@H]1N2C(=O)c1cc(Cl)cc(Cl)c1. The zero-order chi connectivity index (χ0) is 17.7. The van der Waals surface area contributed by atoms with Crippen molar-refractivity contribution in [2.24, 2.45) is 0 Å². The van der Waals surface area contributed by atoms with E-state index in [-0.39, 0.29) is 11.9 Å². The lowest BCUT2D eigenvalue weighted by molar-refractivity contribution is -0.886. The van der Waals surface area contributed by atoms with Crippen LogP contribution in [0.3, 0.4) is 0 Å². The van der Waals surface area contributed by atoms with E-state index in [2.05, 4.69) is 32.2 Å². The number of nitrogens with one attached hydrogen (secondary N) is 1. The Morgan fingerprint density at radius 3 is 2.60 bits per heavy atom. The summed E-state index contributed by atoms with van der Waals surface area (Å²) in [5, 5.41) is 0.979. The van der Waals surface area contributed by atoms with Gasteiger partial charge in [0, 0.05) is 27.7 Å². The molecular formula is C20H21Cl2N2O+. The van der Waals surface area contributed by atoms with Gasteiger partial charge in [0.05, 0.1) is 32.1 Å². The molecule has 2 heterocycles. The van der Waals surface area contributed by atoms with Crippen LogP contribution in [0.5, 0.6) is 0 Å². The van der Waals surface area contributed by atoms with Gasteiger partial charge in [-0.2, -0.15) is 0 Å². The van der Waals surface area contributed by atoms with Crippen LogP contribution in [-0.2, 0) is 0 Å². The molecule has 0 bridgehead atoms. The number of benzene rings is 2. The Labute approximate surface area is 158 Å². The minimum absolute atomic E-state index is 0.0124. The van der Waals surface area contributed by atoms with E-state index >= 15 is 0 Å². The molecule has 0 radical (unpaired) electrons. The minimum atomic E-state index is -0.0124. The second-order valence-electron chi connectivity index (χ2n) is 7.27. The largest absolute Gasteiger partial charge is 0.337 e. The summed E-state index contributed by atoms with van der Waals surface area (Å²) in [6.45, 7) is 4.24. The molecule has 4 rings (SSSR count). The van der Waals surface area contributed by atoms with E-state index in [1.54, 1.807) is 18.2 Å². The highest BCUT2D eigenvalue weighted by molar-refractivity contribution is 6.35. The molecule has 5 heteroatoms. The lowest BCUT2D eigenvalue weighted by Gasteiger charge is -2.34. The predicted octanol–water partition coefficient (Wildman–Crippen LogP) is 3.33. The maximum atomic E-state index is 13.3. The molecule has 25 heavy (non-hydrogen) atoms. The van der Waals surface area contributed by atoms with Gasteiger partial charge in [-0.1, -0.05) is 40.9 Å². The number of carbonyl (C=O) groups is 1. The Balaban J connectivity index is 1.79. The Kier molecular flexibility index (Phi) is 4.27. The van der Waals surface area contributed by atoms with Crippen LogP contribution in [0.1, 0.15) is 33.8 Å². The van der Waals surface area contributed by atoms with E-state index in [4.69, 9.17) is 23.2 Å². The van der Waals surface area contributed by atoms with Crippen molar-refractivity contribution >= 4 is 34.8 Å². The lowest BCUT2D eigenvalue weighted by atomic mass is 9.88. The molecule has 2 aromatic rings. The molecule has 1 amide bonds. The molecular weight excluding hydrogens is 355 g/mol. The standard InChI is InChI=1S/C20H20Cl2N2O/c1-12-3-4-18-16(7-12)17-11-23(2)6-5-19(17)24(18)20(25)13-8-14(21)10-15(22)9-13/h3-4,7-10,17,19H,5-6,11H2,1-2H3/p+1/t17-,19+/m1/s1. The molecule has 0 saturated carbocycles. The second-order valence-corrected chi connectivity index (χ2v) is 8.14. The Morgan fingerprint density at radius 2 is 1.88 bits per heavy atom. The molecule has 1 saturated heterocycles. The molecule has 0 aromatic heterocycles. The summed E-state index contributed by atoms with van der Waals surface area (Å²) in [5.41, 5.74) is 4.12. The number of halogens is 2. The summed E-state index contributed by atoms with van der Waals surface area (Å²) in [6, 6.07) is 11.7. The zero-order valence-corrected chi connectivity index (χ0v) is 15.9. The lowest BCUT2D eigenvalue weighted by Crippen LogP contribution is -3.11. The fraction of sp³-hybridized carbons (Fsp3) is 0.350. The number of fused-ring (bicyclic) bond motifs is 3. The monoisotopic (exact) mass is 375 g/mol. The van der Waals surface area contributed by atoms with Crippen molar-refractivity contribution in [1.29, 1.82) is 0 Å². The predicted molar refractivity (Wildman–Crippen MR) is 102 cm³/mol. The van der Waals surface area contributed by atoms with Crippen LogP contribution >= 0.6 is 23.2 Å². The number of rotatable bonds is 1. The molecule has 130 valence electrons. The van der Waals surface area contributed by atoms with Crippen molar-refractivity contribution in [3.8, 4) is 0 Å². The third-order valence-corrected chi connectivity index (χ3v) is 5.84. The fourth-order valence-corrected chi connectivity index (χ4v) is 4.81. The van der Waals surface area contributed by atoms with Crippen molar-refractivity contribution in [1.82, 2.24) is 0 Å². The van der Waals surface area contributed by atoms with Crippen LogP contribution in [0.2, 0.25) is 10.0 Å². The topological polar surface area (TPSA) is 24.8 Å². The summed E-state index contributed by atoms with van der Waals surface area (Å²) in [7, 11) is 2.23. The number of anilines is 1. The average molecular weight is 376 g/mol. The highest BCUT2D eigenvalue weighted by Crippen LogP contribution is 2.43. The van der Waals surface area contributed by atoms with Crippen molar-refractivity contribution in [3.63, 3.8) is 0 Å². The number of quaternary nitrogens is 1. The molecule has 2 aliphatic rings. The van der Waals surface area contributed by atoms with Crippen LogP contribution in [0.15, 0.2) is 36.4 Å². The molecule has 1 fully saturated rings. The normalized spacial score (nSPS) is 24.8. The number of hydrogen-bond acceptors (Lipinski definition) is 1. The van der Waals surface area contributed by atoms with Gasteiger partial charge in [-0.25, -0.2) is 0 Å². The summed E-state index contributed by atoms with van der Waals surface area (Å²) in [6.07, 6.45) is 1.00. The van der Waals surface area contributed by atoms with Crippen molar-refractivity contribution in [2.75, 3.05) is 25.0 Å². The summed E-state index contributed by atoms with van der Waals surface area (Å²) in [5.74, 6) is 0.379. The summed E-state index contributed by atoms with van der Waals surface area (Å²) >= 11 is 12.2. The number of aryl methyl sites for hydroxylation is 1. The minimum Gasteiger partial charge on any atom is -0.337 e. The van der Waals surface area contributed by atoms with Crippen molar-refractivity contribution < 1.29 is 9.69 Å². The number of piperidine rings is 1. The fourth-order valence-electron chi connectivity index (χ4n) is 4.28. The Morgan fingerprint density at radius 1 is 1.16 bits per heavy atom. The molecule has 1 unspecified atom stereocenters. The first kappa shape index (κ1) is 16.9. The van der Waals surface area contributed by atoms with Gasteiger partial charge in [0.2, 0.25) is 0 Å². The molecule has 2 aromatic carbocycles. The first-order chi connectivity index (χ1) is 11.9.